The molecule has 2 nitrogen and oxygen atoms in total. The zero-order chi connectivity index (χ0) is 21.8. The summed E-state index contributed by atoms with van der Waals surface area (Å²) in [5.74, 6) is 2.22. The van der Waals surface area contributed by atoms with Gasteiger partial charge in [0.25, 0.3) is 0 Å². The molecular weight excluding hydrogens is 471 g/mol. The van der Waals surface area contributed by atoms with E-state index in [4.69, 9.17) is 27.6 Å². The maximum absolute atomic E-state index is 11.1. The Morgan fingerprint density at radius 3 is 1.90 bits per heavy atom. The first kappa shape index (κ1) is 24.5. The summed E-state index contributed by atoms with van der Waals surface area (Å²) in [6.45, 7) is 6.69. The van der Waals surface area contributed by atoms with E-state index in [1.165, 1.54) is 6.42 Å². The standard InChI is InChI=1S/C23H30Cl2O2S2Si/c1-30(2,3)27-22(18-7-11-20(25)12-8-18)16-23(28-13-4-14-29-23)15-21(26)17-5-9-19(24)10-6-17/h5-12,21-22,26H,4,13-16H2,1-3H3/t21-,22-/m0/s1. The van der Waals surface area contributed by atoms with E-state index in [2.05, 4.69) is 31.8 Å². The fraction of sp³-hybridized carbons (Fsp3) is 0.478. The Morgan fingerprint density at radius 1 is 0.900 bits per heavy atom. The molecule has 0 amide bonds. The van der Waals surface area contributed by atoms with E-state index >= 15 is 0 Å². The predicted molar refractivity (Wildman–Crippen MR) is 137 cm³/mol. The lowest BCUT2D eigenvalue weighted by Crippen LogP contribution is -2.35. The van der Waals surface area contributed by atoms with Gasteiger partial charge in [-0.2, -0.15) is 0 Å². The van der Waals surface area contributed by atoms with E-state index in [1.54, 1.807) is 0 Å². The molecular formula is C23H30Cl2O2S2Si. The first-order valence-electron chi connectivity index (χ1n) is 10.3. The number of halogens is 2. The summed E-state index contributed by atoms with van der Waals surface area (Å²) in [5, 5.41) is 12.5. The van der Waals surface area contributed by atoms with Crippen molar-refractivity contribution in [2.75, 3.05) is 11.5 Å². The molecule has 0 bridgehead atoms. The monoisotopic (exact) mass is 500 g/mol. The molecule has 0 aromatic heterocycles. The van der Waals surface area contributed by atoms with Crippen molar-refractivity contribution in [1.29, 1.82) is 0 Å². The van der Waals surface area contributed by atoms with Gasteiger partial charge in [0.05, 0.1) is 16.3 Å². The highest BCUT2D eigenvalue weighted by atomic mass is 35.5. The number of hydrogen-bond acceptors (Lipinski definition) is 4. The van der Waals surface area contributed by atoms with Crippen molar-refractivity contribution in [3.8, 4) is 0 Å². The van der Waals surface area contributed by atoms with Gasteiger partial charge in [-0.1, -0.05) is 47.5 Å². The van der Waals surface area contributed by atoms with Crippen LogP contribution >= 0.6 is 46.7 Å². The van der Waals surface area contributed by atoms with Crippen molar-refractivity contribution in [2.24, 2.45) is 0 Å². The minimum absolute atomic E-state index is 0.00977. The average molecular weight is 502 g/mol. The van der Waals surface area contributed by atoms with E-state index in [1.807, 2.05) is 59.9 Å². The minimum atomic E-state index is -1.77. The third kappa shape index (κ3) is 7.19. The third-order valence-electron chi connectivity index (χ3n) is 5.01. The number of benzene rings is 2. The molecule has 1 aliphatic rings. The molecule has 2 aromatic carbocycles. The molecule has 1 aliphatic heterocycles. The van der Waals surface area contributed by atoms with Gasteiger partial charge in [-0.25, -0.2) is 0 Å². The van der Waals surface area contributed by atoms with Gasteiger partial charge >= 0.3 is 0 Å². The summed E-state index contributed by atoms with van der Waals surface area (Å²) in [5.41, 5.74) is 2.08. The molecule has 1 fully saturated rings. The fourth-order valence-corrected chi connectivity index (χ4v) is 8.40. The zero-order valence-electron chi connectivity index (χ0n) is 17.7. The van der Waals surface area contributed by atoms with Crippen molar-refractivity contribution >= 4 is 55.0 Å². The first-order chi connectivity index (χ1) is 14.2. The van der Waals surface area contributed by atoms with Gasteiger partial charge in [-0.15, -0.1) is 23.5 Å². The second-order valence-corrected chi connectivity index (χ2v) is 17.3. The van der Waals surface area contributed by atoms with Gasteiger partial charge in [-0.3, -0.25) is 0 Å². The summed E-state index contributed by atoms with van der Waals surface area (Å²) in [7, 11) is -1.77. The molecule has 7 heteroatoms. The van der Waals surface area contributed by atoms with Crippen LogP contribution in [0.1, 0.15) is 42.6 Å². The summed E-state index contributed by atoms with van der Waals surface area (Å²) in [4.78, 5) is 0. The van der Waals surface area contributed by atoms with Crippen molar-refractivity contribution in [3.05, 3.63) is 69.7 Å². The summed E-state index contributed by atoms with van der Waals surface area (Å²) in [6, 6.07) is 15.6. The van der Waals surface area contributed by atoms with Crippen LogP contribution in [-0.4, -0.2) is 29.0 Å². The van der Waals surface area contributed by atoms with E-state index in [0.717, 1.165) is 34.1 Å². The van der Waals surface area contributed by atoms with Crippen LogP contribution in [0.2, 0.25) is 29.7 Å². The fourth-order valence-electron chi connectivity index (χ4n) is 3.65. The van der Waals surface area contributed by atoms with Crippen molar-refractivity contribution in [1.82, 2.24) is 0 Å². The highest BCUT2D eigenvalue weighted by molar-refractivity contribution is 8.18. The normalized spacial score (nSPS) is 18.7. The van der Waals surface area contributed by atoms with Crippen molar-refractivity contribution < 1.29 is 9.53 Å². The molecule has 3 rings (SSSR count). The molecule has 0 radical (unpaired) electrons. The molecule has 2 aromatic rings. The Bertz CT molecular complexity index is 803. The summed E-state index contributed by atoms with van der Waals surface area (Å²) in [6.07, 6.45) is 2.21. The smallest absolute Gasteiger partial charge is 0.184 e. The summed E-state index contributed by atoms with van der Waals surface area (Å²) >= 11 is 16.1. The lowest BCUT2D eigenvalue weighted by Gasteiger charge is -2.41. The lowest BCUT2D eigenvalue weighted by molar-refractivity contribution is 0.141. The van der Waals surface area contributed by atoms with E-state index in [-0.39, 0.29) is 10.2 Å². The van der Waals surface area contributed by atoms with Gasteiger partial charge in [-0.05, 0) is 73.0 Å². The average Bonchev–Trinajstić information content (AvgIpc) is 2.68. The molecule has 0 unspecified atom stereocenters. The molecule has 1 saturated heterocycles. The number of hydrogen-bond donors (Lipinski definition) is 1. The Morgan fingerprint density at radius 2 is 1.40 bits per heavy atom. The molecule has 164 valence electrons. The highest BCUT2D eigenvalue weighted by Crippen LogP contribution is 2.53. The van der Waals surface area contributed by atoms with Gasteiger partial charge in [0, 0.05) is 22.9 Å². The Hall–Kier alpha value is -0.143. The van der Waals surface area contributed by atoms with Crippen LogP contribution in [0.4, 0.5) is 0 Å². The zero-order valence-corrected chi connectivity index (χ0v) is 21.9. The highest BCUT2D eigenvalue weighted by Gasteiger charge is 2.40. The molecule has 30 heavy (non-hydrogen) atoms. The topological polar surface area (TPSA) is 29.5 Å². The Labute approximate surface area is 200 Å². The largest absolute Gasteiger partial charge is 0.411 e. The van der Waals surface area contributed by atoms with Crippen LogP contribution in [0.25, 0.3) is 0 Å². The number of thioether (sulfide) groups is 2. The third-order valence-corrected chi connectivity index (χ3v) is 9.92. The quantitative estimate of drug-likeness (QED) is 0.372. The molecule has 1 heterocycles. The molecule has 0 aliphatic carbocycles. The van der Waals surface area contributed by atoms with Crippen LogP contribution in [0.3, 0.4) is 0 Å². The number of rotatable bonds is 8. The van der Waals surface area contributed by atoms with Crippen LogP contribution in [0.5, 0.6) is 0 Å². The van der Waals surface area contributed by atoms with Crippen LogP contribution < -0.4 is 0 Å². The maximum Gasteiger partial charge on any atom is 0.184 e. The van der Waals surface area contributed by atoms with E-state index in [9.17, 15) is 5.11 Å². The van der Waals surface area contributed by atoms with Gasteiger partial charge < -0.3 is 9.53 Å². The van der Waals surface area contributed by atoms with Crippen LogP contribution in [-0.2, 0) is 4.43 Å². The minimum Gasteiger partial charge on any atom is -0.411 e. The lowest BCUT2D eigenvalue weighted by atomic mass is 9.98. The van der Waals surface area contributed by atoms with Gasteiger partial charge in [0.2, 0.25) is 0 Å². The molecule has 0 saturated carbocycles. The van der Waals surface area contributed by atoms with Crippen molar-refractivity contribution in [2.45, 2.75) is 55.2 Å². The number of aliphatic hydroxyl groups excluding tert-OH is 1. The van der Waals surface area contributed by atoms with E-state index in [0.29, 0.717) is 11.4 Å². The van der Waals surface area contributed by atoms with E-state index < -0.39 is 14.4 Å². The second kappa shape index (κ2) is 10.6. The Kier molecular flexibility index (Phi) is 8.70. The second-order valence-electron chi connectivity index (χ2n) is 8.71. The SMILES string of the molecule is C[Si](C)(C)O[C@@H](CC1(C[C@H](O)c2ccc(Cl)cc2)SCCCS1)c1ccc(Cl)cc1. The molecule has 2 atom stereocenters. The predicted octanol–water partition coefficient (Wildman–Crippen LogP) is 7.97. The maximum atomic E-state index is 11.1. The number of aliphatic hydroxyl groups is 1. The Balaban J connectivity index is 1.85. The van der Waals surface area contributed by atoms with Crippen molar-refractivity contribution in [3.63, 3.8) is 0 Å². The van der Waals surface area contributed by atoms with Crippen LogP contribution in [0, 0.1) is 0 Å². The van der Waals surface area contributed by atoms with Gasteiger partial charge in [0.15, 0.2) is 8.32 Å². The summed E-state index contributed by atoms with van der Waals surface area (Å²) < 4.78 is 6.57. The van der Waals surface area contributed by atoms with Crippen LogP contribution in [0.15, 0.2) is 48.5 Å². The molecule has 1 N–H and O–H groups in total. The molecule has 0 spiro atoms. The van der Waals surface area contributed by atoms with Gasteiger partial charge in [0.1, 0.15) is 0 Å². The first-order valence-corrected chi connectivity index (χ1v) is 16.4.